The Morgan fingerprint density at radius 3 is 2.53 bits per heavy atom. The molecular formula is C14H16ClNO. The van der Waals surface area contributed by atoms with Crippen molar-refractivity contribution in [3.05, 3.63) is 42.0 Å². The van der Waals surface area contributed by atoms with Crippen LogP contribution in [0.25, 0.3) is 10.8 Å². The predicted molar refractivity (Wildman–Crippen MR) is 72.7 cm³/mol. The van der Waals surface area contributed by atoms with Crippen molar-refractivity contribution in [1.82, 2.24) is 4.90 Å². The Labute approximate surface area is 107 Å². The molecule has 17 heavy (non-hydrogen) atoms. The number of fused-ring (bicyclic) bond motifs is 1. The monoisotopic (exact) mass is 249 g/mol. The first-order valence-corrected chi connectivity index (χ1v) is 6.07. The van der Waals surface area contributed by atoms with Gasteiger partial charge in [-0.25, -0.2) is 0 Å². The lowest BCUT2D eigenvalue weighted by atomic mass is 10.1. The van der Waals surface area contributed by atoms with Crippen molar-refractivity contribution in [3.8, 4) is 5.75 Å². The number of hydrogen-bond acceptors (Lipinski definition) is 2. The van der Waals surface area contributed by atoms with E-state index in [1.807, 2.05) is 19.2 Å². The van der Waals surface area contributed by atoms with Crippen molar-refractivity contribution in [1.29, 1.82) is 0 Å². The quantitative estimate of drug-likeness (QED) is 0.608. The summed E-state index contributed by atoms with van der Waals surface area (Å²) in [5.74, 6) is 0.892. The maximum absolute atomic E-state index is 5.77. The van der Waals surface area contributed by atoms with Gasteiger partial charge in [0.05, 0.1) is 13.1 Å². The molecular weight excluding hydrogens is 234 g/mol. The van der Waals surface area contributed by atoms with Crippen LogP contribution in [0.3, 0.4) is 0 Å². The number of nitrogens with zero attached hydrogens (tertiary/aromatic N) is 1. The van der Waals surface area contributed by atoms with E-state index in [2.05, 4.69) is 29.2 Å². The van der Waals surface area contributed by atoms with E-state index in [-0.39, 0.29) is 0 Å². The average Bonchev–Trinajstić information content (AvgIpc) is 2.38. The van der Waals surface area contributed by atoms with Crippen LogP contribution in [0.5, 0.6) is 5.75 Å². The summed E-state index contributed by atoms with van der Waals surface area (Å²) < 4.78 is 5.21. The maximum atomic E-state index is 5.77. The van der Waals surface area contributed by atoms with Gasteiger partial charge in [0.2, 0.25) is 0 Å². The summed E-state index contributed by atoms with van der Waals surface area (Å²) in [5.41, 5.74) is 1.27. The second-order valence-electron chi connectivity index (χ2n) is 4.18. The van der Waals surface area contributed by atoms with Gasteiger partial charge in [0, 0.05) is 6.54 Å². The van der Waals surface area contributed by atoms with Crippen LogP contribution in [0.2, 0.25) is 0 Å². The molecule has 0 amide bonds. The van der Waals surface area contributed by atoms with Crippen LogP contribution < -0.4 is 4.74 Å². The normalized spacial score (nSPS) is 11.1. The summed E-state index contributed by atoms with van der Waals surface area (Å²) in [6.07, 6.45) is 0. The molecule has 0 aliphatic carbocycles. The van der Waals surface area contributed by atoms with E-state index in [1.54, 1.807) is 7.11 Å². The third-order valence-corrected chi connectivity index (χ3v) is 3.18. The summed E-state index contributed by atoms with van der Waals surface area (Å²) >= 11 is 5.77. The highest BCUT2D eigenvalue weighted by atomic mass is 35.5. The number of methoxy groups -OCH3 is 1. The Kier molecular flexibility index (Phi) is 3.87. The fraction of sp³-hybridized carbons (Fsp3) is 0.286. The highest BCUT2D eigenvalue weighted by Crippen LogP contribution is 2.22. The predicted octanol–water partition coefficient (Wildman–Crippen LogP) is 3.48. The molecule has 0 heterocycles. The lowest BCUT2D eigenvalue weighted by Crippen LogP contribution is -2.15. The number of halogens is 1. The van der Waals surface area contributed by atoms with E-state index in [0.717, 1.165) is 12.3 Å². The molecule has 0 saturated heterocycles. The molecule has 2 aromatic carbocycles. The van der Waals surface area contributed by atoms with Crippen LogP contribution in [-0.2, 0) is 6.54 Å². The number of benzene rings is 2. The topological polar surface area (TPSA) is 12.5 Å². The third kappa shape index (κ3) is 2.90. The third-order valence-electron chi connectivity index (χ3n) is 2.77. The molecule has 0 saturated carbocycles. The van der Waals surface area contributed by atoms with Crippen LogP contribution in [0, 0.1) is 0 Å². The van der Waals surface area contributed by atoms with Gasteiger partial charge in [-0.1, -0.05) is 18.2 Å². The van der Waals surface area contributed by atoms with Gasteiger partial charge < -0.3 is 4.74 Å². The van der Waals surface area contributed by atoms with E-state index < -0.39 is 0 Å². The zero-order valence-electron chi connectivity index (χ0n) is 10.1. The number of hydrogen-bond donors (Lipinski definition) is 0. The van der Waals surface area contributed by atoms with Gasteiger partial charge >= 0.3 is 0 Å². The highest BCUT2D eigenvalue weighted by Gasteiger charge is 2.01. The molecule has 0 atom stereocenters. The second-order valence-corrected chi connectivity index (χ2v) is 4.42. The van der Waals surface area contributed by atoms with Crippen LogP contribution in [0.15, 0.2) is 36.4 Å². The smallest absolute Gasteiger partial charge is 0.119 e. The van der Waals surface area contributed by atoms with Gasteiger partial charge in [-0.2, -0.15) is 0 Å². The van der Waals surface area contributed by atoms with Crippen LogP contribution in [0.1, 0.15) is 5.56 Å². The van der Waals surface area contributed by atoms with Crippen LogP contribution >= 0.6 is 11.6 Å². The molecule has 0 aliphatic rings. The molecule has 0 radical (unpaired) electrons. The summed E-state index contributed by atoms with van der Waals surface area (Å²) in [5, 5.41) is 2.42. The zero-order valence-corrected chi connectivity index (χ0v) is 10.9. The summed E-state index contributed by atoms with van der Waals surface area (Å²) in [6, 6.07) is 13.1. The highest BCUT2D eigenvalue weighted by molar-refractivity contribution is 6.17. The van der Waals surface area contributed by atoms with Gasteiger partial charge in [-0.15, -0.1) is 11.6 Å². The van der Waals surface area contributed by atoms with E-state index in [9.17, 15) is 0 Å². The van der Waals surface area contributed by atoms with Crippen molar-refractivity contribution in [2.75, 3.05) is 20.2 Å². The van der Waals surface area contributed by atoms with Gasteiger partial charge in [0.1, 0.15) is 5.75 Å². The number of alkyl halides is 1. The Balaban J connectivity index is 2.31. The Morgan fingerprint density at radius 1 is 1.12 bits per heavy atom. The minimum atomic E-state index is 0.542. The molecule has 0 aliphatic heterocycles. The molecule has 2 rings (SSSR count). The molecule has 0 spiro atoms. The van der Waals surface area contributed by atoms with Crippen molar-refractivity contribution in [2.24, 2.45) is 0 Å². The van der Waals surface area contributed by atoms with E-state index >= 15 is 0 Å². The standard InChI is InChI=1S/C14H16ClNO/c1-16(10-15)9-11-3-4-13-8-14(17-2)6-5-12(13)7-11/h3-8H,9-10H2,1-2H3. The molecule has 0 fully saturated rings. The molecule has 2 nitrogen and oxygen atoms in total. The van der Waals surface area contributed by atoms with Gasteiger partial charge in [0.25, 0.3) is 0 Å². The van der Waals surface area contributed by atoms with Gasteiger partial charge in [-0.3, -0.25) is 4.90 Å². The minimum Gasteiger partial charge on any atom is -0.497 e. The minimum absolute atomic E-state index is 0.542. The van der Waals surface area contributed by atoms with E-state index in [4.69, 9.17) is 16.3 Å². The summed E-state index contributed by atoms with van der Waals surface area (Å²) in [6.45, 7) is 0.867. The van der Waals surface area contributed by atoms with E-state index in [0.29, 0.717) is 6.00 Å². The summed E-state index contributed by atoms with van der Waals surface area (Å²) in [7, 11) is 3.69. The van der Waals surface area contributed by atoms with Gasteiger partial charge in [0.15, 0.2) is 0 Å². The van der Waals surface area contributed by atoms with Gasteiger partial charge in [-0.05, 0) is 41.6 Å². The summed E-state index contributed by atoms with van der Waals surface area (Å²) in [4.78, 5) is 2.06. The number of ether oxygens (including phenoxy) is 1. The molecule has 0 aromatic heterocycles. The first-order chi connectivity index (χ1) is 8.22. The molecule has 2 aromatic rings. The number of rotatable bonds is 4. The molecule has 0 unspecified atom stereocenters. The van der Waals surface area contributed by atoms with Crippen molar-refractivity contribution in [3.63, 3.8) is 0 Å². The van der Waals surface area contributed by atoms with Crippen LogP contribution in [0.4, 0.5) is 0 Å². The second kappa shape index (κ2) is 5.39. The van der Waals surface area contributed by atoms with Crippen molar-refractivity contribution < 1.29 is 4.74 Å². The molecule has 90 valence electrons. The van der Waals surface area contributed by atoms with Crippen LogP contribution in [-0.4, -0.2) is 25.1 Å². The average molecular weight is 250 g/mol. The Hall–Kier alpha value is -1.25. The largest absolute Gasteiger partial charge is 0.497 e. The zero-order chi connectivity index (χ0) is 12.3. The lowest BCUT2D eigenvalue weighted by molar-refractivity contribution is 0.382. The Morgan fingerprint density at radius 2 is 1.82 bits per heavy atom. The first-order valence-electron chi connectivity index (χ1n) is 5.54. The fourth-order valence-electron chi connectivity index (χ4n) is 1.85. The Bertz CT molecular complexity index is 513. The lowest BCUT2D eigenvalue weighted by Gasteiger charge is -2.13. The van der Waals surface area contributed by atoms with Crippen molar-refractivity contribution >= 4 is 22.4 Å². The fourth-order valence-corrected chi connectivity index (χ4v) is 1.94. The first kappa shape index (κ1) is 12.2. The van der Waals surface area contributed by atoms with Crippen molar-refractivity contribution in [2.45, 2.75) is 6.54 Å². The molecule has 3 heteroatoms. The maximum Gasteiger partial charge on any atom is 0.119 e. The molecule has 0 bridgehead atoms. The molecule has 0 N–H and O–H groups in total. The SMILES string of the molecule is COc1ccc2cc(CN(C)CCl)ccc2c1. The van der Waals surface area contributed by atoms with E-state index in [1.165, 1.54) is 16.3 Å².